The maximum Gasteiger partial charge on any atom is 0.193 e. The fourth-order valence-electron chi connectivity index (χ4n) is 1.27. The minimum Gasteiger partial charge on any atom is -0.372 e. The molecule has 4 nitrogen and oxygen atoms in total. The van der Waals surface area contributed by atoms with E-state index in [4.69, 9.17) is 10.00 Å². The van der Waals surface area contributed by atoms with Crippen LogP contribution in [-0.4, -0.2) is 42.5 Å². The van der Waals surface area contributed by atoms with Crippen LogP contribution in [0.4, 0.5) is 0 Å². The van der Waals surface area contributed by atoms with Crippen LogP contribution in [0, 0.1) is 11.3 Å². The molecule has 0 radical (unpaired) electrons. The summed E-state index contributed by atoms with van der Waals surface area (Å²) in [6.07, 6.45) is -0.0840. The monoisotopic (exact) mass is 156 g/mol. The molecule has 0 aromatic rings. The van der Waals surface area contributed by atoms with E-state index in [2.05, 4.69) is 0 Å². The van der Waals surface area contributed by atoms with Crippen LogP contribution in [0.3, 0.4) is 0 Å². The van der Waals surface area contributed by atoms with Gasteiger partial charge in [0, 0.05) is 6.42 Å². The number of nitrogens with zero attached hydrogens (tertiary/aromatic N) is 2. The van der Waals surface area contributed by atoms with Crippen molar-refractivity contribution < 1.29 is 9.84 Å². The minimum absolute atomic E-state index is 0.395. The standard InChI is InChI=1S/C7H12N2O2/c1-9(2)6-7(10,5-8)3-4-11-6/h6,10H,3-4H2,1-2H3. The second-order valence-electron chi connectivity index (χ2n) is 2.97. The lowest BCUT2D eigenvalue weighted by atomic mass is 10.0. The molecule has 1 fully saturated rings. The van der Waals surface area contributed by atoms with Gasteiger partial charge in [0.1, 0.15) is 6.07 Å². The third kappa shape index (κ3) is 1.36. The summed E-state index contributed by atoms with van der Waals surface area (Å²) >= 11 is 0. The maximum atomic E-state index is 9.60. The van der Waals surface area contributed by atoms with Gasteiger partial charge >= 0.3 is 0 Å². The van der Waals surface area contributed by atoms with Crippen molar-refractivity contribution in [1.82, 2.24) is 4.90 Å². The van der Waals surface area contributed by atoms with E-state index in [0.717, 1.165) is 0 Å². The molecule has 0 aliphatic carbocycles. The first-order chi connectivity index (χ1) is 5.10. The van der Waals surface area contributed by atoms with Crippen LogP contribution in [-0.2, 0) is 4.74 Å². The summed E-state index contributed by atoms with van der Waals surface area (Å²) < 4.78 is 5.17. The number of aliphatic hydroxyl groups is 1. The number of nitriles is 1. The van der Waals surface area contributed by atoms with Gasteiger partial charge in [0.05, 0.1) is 6.61 Å². The van der Waals surface area contributed by atoms with Crippen molar-refractivity contribution in [3.63, 3.8) is 0 Å². The Balaban J connectivity index is 2.74. The lowest BCUT2D eigenvalue weighted by Crippen LogP contribution is -2.45. The van der Waals surface area contributed by atoms with Crippen LogP contribution in [0.2, 0.25) is 0 Å². The summed E-state index contributed by atoms with van der Waals surface area (Å²) in [6.45, 7) is 0.451. The number of likely N-dealkylation sites (N-methyl/N-ethyl adjacent to an activating group) is 1. The Bertz CT molecular complexity index is 187. The molecule has 1 rings (SSSR count). The molecule has 1 aliphatic heterocycles. The first kappa shape index (κ1) is 8.47. The predicted molar refractivity (Wildman–Crippen MR) is 38.6 cm³/mol. The second-order valence-corrected chi connectivity index (χ2v) is 2.97. The molecule has 0 aromatic heterocycles. The maximum absolute atomic E-state index is 9.60. The van der Waals surface area contributed by atoms with Gasteiger partial charge in [0.15, 0.2) is 11.8 Å². The Morgan fingerprint density at radius 3 is 2.73 bits per heavy atom. The Kier molecular flexibility index (Phi) is 2.14. The highest BCUT2D eigenvalue weighted by Crippen LogP contribution is 2.25. The van der Waals surface area contributed by atoms with Crippen LogP contribution < -0.4 is 0 Å². The molecule has 1 heterocycles. The Labute approximate surface area is 66.0 Å². The Hall–Kier alpha value is -0.630. The molecule has 1 saturated heterocycles. The summed E-state index contributed by atoms with van der Waals surface area (Å²) in [7, 11) is 3.55. The molecule has 2 unspecified atom stereocenters. The molecular weight excluding hydrogens is 144 g/mol. The van der Waals surface area contributed by atoms with E-state index < -0.39 is 11.8 Å². The summed E-state index contributed by atoms with van der Waals surface area (Å²) in [5, 5.41) is 18.2. The van der Waals surface area contributed by atoms with E-state index >= 15 is 0 Å². The third-order valence-corrected chi connectivity index (χ3v) is 1.83. The number of hydrogen-bond acceptors (Lipinski definition) is 4. The van der Waals surface area contributed by atoms with Crippen LogP contribution in [0.15, 0.2) is 0 Å². The van der Waals surface area contributed by atoms with Crippen LogP contribution >= 0.6 is 0 Å². The third-order valence-electron chi connectivity index (χ3n) is 1.83. The molecule has 0 spiro atoms. The van der Waals surface area contributed by atoms with Gasteiger partial charge in [-0.25, -0.2) is 0 Å². The van der Waals surface area contributed by atoms with Crippen molar-refractivity contribution in [2.24, 2.45) is 0 Å². The van der Waals surface area contributed by atoms with Gasteiger partial charge in [-0.3, -0.25) is 4.90 Å². The summed E-state index contributed by atoms with van der Waals surface area (Å²) in [5.41, 5.74) is -1.32. The Morgan fingerprint density at radius 2 is 2.36 bits per heavy atom. The molecule has 0 saturated carbocycles. The van der Waals surface area contributed by atoms with Crippen molar-refractivity contribution in [2.75, 3.05) is 20.7 Å². The molecule has 2 atom stereocenters. The van der Waals surface area contributed by atoms with E-state index in [1.54, 1.807) is 19.0 Å². The predicted octanol–water partition coefficient (Wildman–Crippen LogP) is -0.451. The number of rotatable bonds is 1. The van der Waals surface area contributed by atoms with Gasteiger partial charge in [-0.2, -0.15) is 5.26 Å². The zero-order valence-electron chi connectivity index (χ0n) is 6.74. The SMILES string of the molecule is CN(C)C1OCCC1(O)C#N. The van der Waals surface area contributed by atoms with Crippen molar-refractivity contribution in [2.45, 2.75) is 18.2 Å². The highest BCUT2D eigenvalue weighted by atomic mass is 16.5. The van der Waals surface area contributed by atoms with E-state index in [-0.39, 0.29) is 0 Å². The van der Waals surface area contributed by atoms with Crippen LogP contribution in [0.1, 0.15) is 6.42 Å². The smallest absolute Gasteiger partial charge is 0.193 e. The normalized spacial score (nSPS) is 37.5. The molecule has 1 N–H and O–H groups in total. The molecular formula is C7H12N2O2. The lowest BCUT2D eigenvalue weighted by Gasteiger charge is -2.26. The van der Waals surface area contributed by atoms with Gasteiger partial charge in [0.2, 0.25) is 0 Å². The zero-order chi connectivity index (χ0) is 8.48. The van der Waals surface area contributed by atoms with Crippen LogP contribution in [0.25, 0.3) is 0 Å². The van der Waals surface area contributed by atoms with E-state index in [1.807, 2.05) is 6.07 Å². The average molecular weight is 156 g/mol. The van der Waals surface area contributed by atoms with Gasteiger partial charge in [-0.05, 0) is 14.1 Å². The van der Waals surface area contributed by atoms with Crippen molar-refractivity contribution >= 4 is 0 Å². The first-order valence-electron chi connectivity index (χ1n) is 3.52. The highest BCUT2D eigenvalue weighted by molar-refractivity contribution is 5.07. The molecule has 0 aromatic carbocycles. The van der Waals surface area contributed by atoms with Crippen molar-refractivity contribution in [1.29, 1.82) is 5.26 Å². The second kappa shape index (κ2) is 2.78. The average Bonchev–Trinajstić information content (AvgIpc) is 2.32. The zero-order valence-corrected chi connectivity index (χ0v) is 6.74. The molecule has 11 heavy (non-hydrogen) atoms. The van der Waals surface area contributed by atoms with Gasteiger partial charge in [0.25, 0.3) is 0 Å². The number of hydrogen-bond donors (Lipinski definition) is 1. The van der Waals surface area contributed by atoms with Gasteiger partial charge < -0.3 is 9.84 Å². The Morgan fingerprint density at radius 1 is 1.73 bits per heavy atom. The molecule has 62 valence electrons. The summed E-state index contributed by atoms with van der Waals surface area (Å²) in [5.74, 6) is 0. The van der Waals surface area contributed by atoms with Crippen molar-refractivity contribution in [3.8, 4) is 6.07 Å². The van der Waals surface area contributed by atoms with E-state index in [1.165, 1.54) is 0 Å². The minimum atomic E-state index is -1.32. The first-order valence-corrected chi connectivity index (χ1v) is 3.52. The molecule has 0 bridgehead atoms. The van der Waals surface area contributed by atoms with Gasteiger partial charge in [-0.1, -0.05) is 0 Å². The fraction of sp³-hybridized carbons (Fsp3) is 0.857. The highest BCUT2D eigenvalue weighted by Gasteiger charge is 2.44. The van der Waals surface area contributed by atoms with E-state index in [0.29, 0.717) is 13.0 Å². The number of ether oxygens (including phenoxy) is 1. The van der Waals surface area contributed by atoms with Gasteiger partial charge in [-0.15, -0.1) is 0 Å². The lowest BCUT2D eigenvalue weighted by molar-refractivity contribution is -0.0766. The molecule has 4 heteroatoms. The summed E-state index contributed by atoms with van der Waals surface area (Å²) in [6, 6.07) is 1.86. The molecule has 0 amide bonds. The quantitative estimate of drug-likeness (QED) is 0.522. The largest absolute Gasteiger partial charge is 0.372 e. The van der Waals surface area contributed by atoms with Crippen LogP contribution in [0.5, 0.6) is 0 Å². The topological polar surface area (TPSA) is 56.5 Å². The fourth-order valence-corrected chi connectivity index (χ4v) is 1.27. The molecule has 1 aliphatic rings. The van der Waals surface area contributed by atoms with E-state index in [9.17, 15) is 5.11 Å². The summed E-state index contributed by atoms with van der Waals surface area (Å²) in [4.78, 5) is 1.70. The van der Waals surface area contributed by atoms with Crippen molar-refractivity contribution in [3.05, 3.63) is 0 Å².